The maximum Gasteiger partial charge on any atom is 0.356 e. The van der Waals surface area contributed by atoms with Gasteiger partial charge in [-0.15, -0.1) is 0 Å². The van der Waals surface area contributed by atoms with E-state index in [0.29, 0.717) is 16.5 Å². The highest BCUT2D eigenvalue weighted by molar-refractivity contribution is 6.29. The number of rotatable bonds is 4. The molecule has 1 aromatic carbocycles. The molecule has 27 heavy (non-hydrogen) atoms. The number of fused-ring (bicyclic) bond motifs is 1. The monoisotopic (exact) mass is 388 g/mol. The molecule has 0 spiro atoms. The Kier molecular flexibility index (Phi) is 4.75. The number of nitrogens with one attached hydrogen (secondary N) is 2. The third-order valence-corrected chi connectivity index (χ3v) is 4.50. The number of hydrogen-bond donors (Lipinski definition) is 3. The molecule has 0 fully saturated rings. The number of anilines is 1. The zero-order valence-corrected chi connectivity index (χ0v) is 15.6. The van der Waals surface area contributed by atoms with Crippen molar-refractivity contribution in [2.24, 2.45) is 7.05 Å². The van der Waals surface area contributed by atoms with Gasteiger partial charge in [-0.3, -0.25) is 9.36 Å². The van der Waals surface area contributed by atoms with Gasteiger partial charge < -0.3 is 15.4 Å². The maximum absolute atomic E-state index is 12.4. The lowest BCUT2D eigenvalue weighted by Crippen LogP contribution is -2.33. The summed E-state index contributed by atoms with van der Waals surface area (Å²) < 4.78 is 1.01. The average Bonchev–Trinajstić information content (AvgIpc) is 2.61. The summed E-state index contributed by atoms with van der Waals surface area (Å²) in [5, 5.41) is 12.9. The van der Waals surface area contributed by atoms with Crippen LogP contribution in [-0.4, -0.2) is 25.6 Å². The van der Waals surface area contributed by atoms with Crippen molar-refractivity contribution in [2.45, 2.75) is 19.9 Å². The van der Waals surface area contributed by atoms with E-state index in [1.165, 1.54) is 19.2 Å². The van der Waals surface area contributed by atoms with Gasteiger partial charge in [0.2, 0.25) is 0 Å². The Labute approximate surface area is 158 Å². The molecule has 2 aromatic heterocycles. The van der Waals surface area contributed by atoms with Crippen molar-refractivity contribution in [2.75, 3.05) is 5.32 Å². The zero-order chi connectivity index (χ0) is 19.9. The molecule has 0 radical (unpaired) electrons. The Morgan fingerprint density at radius 1 is 1.33 bits per heavy atom. The molecule has 0 amide bonds. The molecule has 140 valence electrons. The summed E-state index contributed by atoms with van der Waals surface area (Å²) in [5.41, 5.74) is 1.05. The molecule has 3 aromatic rings. The molecule has 0 saturated carbocycles. The number of pyridine rings is 1. The molecule has 0 aliphatic rings. The zero-order valence-electron chi connectivity index (χ0n) is 14.8. The fraction of sp³-hybridized carbons (Fsp3) is 0.222. The predicted octanol–water partition coefficient (Wildman–Crippen LogP) is 2.45. The topological polar surface area (TPSA) is 117 Å². The van der Waals surface area contributed by atoms with Gasteiger partial charge in [-0.05, 0) is 43.2 Å². The molecule has 0 aliphatic heterocycles. The predicted molar refractivity (Wildman–Crippen MR) is 103 cm³/mol. The average molecular weight is 389 g/mol. The molecule has 9 heteroatoms. The van der Waals surface area contributed by atoms with Crippen LogP contribution in [0.25, 0.3) is 10.9 Å². The number of nitrogens with zero attached hydrogens (tertiary/aromatic N) is 2. The van der Waals surface area contributed by atoms with E-state index in [0.717, 1.165) is 10.1 Å². The summed E-state index contributed by atoms with van der Waals surface area (Å²) in [6.07, 6.45) is 0. The van der Waals surface area contributed by atoms with E-state index in [2.05, 4.69) is 15.3 Å². The van der Waals surface area contributed by atoms with Crippen molar-refractivity contribution in [1.29, 1.82) is 0 Å². The highest BCUT2D eigenvalue weighted by Gasteiger charge is 2.18. The van der Waals surface area contributed by atoms with E-state index >= 15 is 0 Å². The minimum atomic E-state index is -1.22. The van der Waals surface area contributed by atoms with Gasteiger partial charge in [0.15, 0.2) is 5.69 Å². The minimum absolute atomic E-state index is 0.0689. The first-order valence-corrected chi connectivity index (χ1v) is 8.46. The Morgan fingerprint density at radius 3 is 2.70 bits per heavy atom. The molecule has 3 N–H and O–H groups in total. The molecule has 0 aliphatic carbocycles. The van der Waals surface area contributed by atoms with Crippen LogP contribution in [0.3, 0.4) is 0 Å². The quantitative estimate of drug-likeness (QED) is 0.591. The second kappa shape index (κ2) is 6.88. The standard InChI is InChI=1S/C18H17ClN4O4/c1-8-6-10(14-11(7-8)16(24)23(3)18(27)22-14)9(2)20-12-4-5-13(19)21-15(12)17(25)26/h4-7,9,20H,1-3H3,(H,22,27)(H,25,26)/t9-/m1/s1. The van der Waals surface area contributed by atoms with Crippen LogP contribution in [0.4, 0.5) is 5.69 Å². The molecule has 8 nitrogen and oxygen atoms in total. The van der Waals surface area contributed by atoms with E-state index in [1.54, 1.807) is 13.0 Å². The number of benzene rings is 1. The number of carboxylic acids is 1. The molecular weight excluding hydrogens is 372 g/mol. The summed E-state index contributed by atoms with van der Waals surface area (Å²) >= 11 is 5.78. The molecule has 0 bridgehead atoms. The van der Waals surface area contributed by atoms with Gasteiger partial charge in [0, 0.05) is 7.05 Å². The summed E-state index contributed by atoms with van der Waals surface area (Å²) in [5.74, 6) is -1.22. The van der Waals surface area contributed by atoms with Crippen LogP contribution in [0, 0.1) is 6.92 Å². The number of aromatic carboxylic acids is 1. The number of aromatic amines is 1. The second-order valence-corrected chi connectivity index (χ2v) is 6.66. The Balaban J connectivity index is 2.15. The van der Waals surface area contributed by atoms with Crippen LogP contribution < -0.4 is 16.6 Å². The maximum atomic E-state index is 12.4. The number of halogens is 1. The summed E-state index contributed by atoms with van der Waals surface area (Å²) in [4.78, 5) is 42.5. The van der Waals surface area contributed by atoms with Crippen molar-refractivity contribution in [1.82, 2.24) is 14.5 Å². The largest absolute Gasteiger partial charge is 0.476 e. The number of H-pyrrole nitrogens is 1. The van der Waals surface area contributed by atoms with Gasteiger partial charge in [-0.2, -0.15) is 0 Å². The smallest absolute Gasteiger partial charge is 0.356 e. The fourth-order valence-corrected chi connectivity index (χ4v) is 3.10. The van der Waals surface area contributed by atoms with E-state index < -0.39 is 23.3 Å². The molecule has 2 heterocycles. The number of aromatic nitrogens is 3. The van der Waals surface area contributed by atoms with E-state index in [9.17, 15) is 19.5 Å². The number of hydrogen-bond acceptors (Lipinski definition) is 5. The number of aryl methyl sites for hydroxylation is 1. The highest BCUT2D eigenvalue weighted by atomic mass is 35.5. The molecule has 3 rings (SSSR count). The summed E-state index contributed by atoms with van der Waals surface area (Å²) in [6, 6.07) is 6.12. The van der Waals surface area contributed by atoms with Crippen molar-refractivity contribution in [3.8, 4) is 0 Å². The van der Waals surface area contributed by atoms with Crippen LogP contribution >= 0.6 is 11.6 Å². The van der Waals surface area contributed by atoms with Crippen LogP contribution in [0.5, 0.6) is 0 Å². The Morgan fingerprint density at radius 2 is 2.04 bits per heavy atom. The van der Waals surface area contributed by atoms with Crippen molar-refractivity contribution in [3.63, 3.8) is 0 Å². The van der Waals surface area contributed by atoms with Crippen molar-refractivity contribution in [3.05, 3.63) is 67.1 Å². The third kappa shape index (κ3) is 3.43. The van der Waals surface area contributed by atoms with Gasteiger partial charge in [-0.1, -0.05) is 17.7 Å². The van der Waals surface area contributed by atoms with Gasteiger partial charge in [-0.25, -0.2) is 14.6 Å². The van der Waals surface area contributed by atoms with Gasteiger partial charge >= 0.3 is 11.7 Å². The van der Waals surface area contributed by atoms with E-state index in [-0.39, 0.29) is 16.5 Å². The van der Waals surface area contributed by atoms with Gasteiger partial charge in [0.05, 0.1) is 22.6 Å². The van der Waals surface area contributed by atoms with Crippen LogP contribution in [0.1, 0.15) is 34.6 Å². The Hall–Kier alpha value is -3.13. The lowest BCUT2D eigenvalue weighted by molar-refractivity contribution is 0.0691. The highest BCUT2D eigenvalue weighted by Crippen LogP contribution is 2.27. The van der Waals surface area contributed by atoms with E-state index in [4.69, 9.17) is 11.6 Å². The fourth-order valence-electron chi connectivity index (χ4n) is 2.95. The molecule has 0 saturated heterocycles. The summed E-state index contributed by atoms with van der Waals surface area (Å²) in [7, 11) is 1.41. The summed E-state index contributed by atoms with van der Waals surface area (Å²) in [6.45, 7) is 3.64. The van der Waals surface area contributed by atoms with Crippen LogP contribution in [-0.2, 0) is 7.05 Å². The lowest BCUT2D eigenvalue weighted by Gasteiger charge is -2.19. The molecule has 0 unspecified atom stereocenters. The van der Waals surface area contributed by atoms with Crippen LogP contribution in [0.2, 0.25) is 5.15 Å². The third-order valence-electron chi connectivity index (χ3n) is 4.29. The first-order valence-electron chi connectivity index (χ1n) is 8.09. The molecular formula is C18H17ClN4O4. The van der Waals surface area contributed by atoms with Gasteiger partial charge in [0.25, 0.3) is 5.56 Å². The Bertz CT molecular complexity index is 1180. The first-order chi connectivity index (χ1) is 12.7. The first kappa shape index (κ1) is 18.7. The van der Waals surface area contributed by atoms with Gasteiger partial charge in [0.1, 0.15) is 5.15 Å². The number of carboxylic acid groups (broad SMARTS) is 1. The SMILES string of the molecule is Cc1cc([C@@H](C)Nc2ccc(Cl)nc2C(=O)O)c2[nH]c(=O)n(C)c(=O)c2c1. The minimum Gasteiger partial charge on any atom is -0.476 e. The van der Waals surface area contributed by atoms with Crippen LogP contribution in [0.15, 0.2) is 33.9 Å². The van der Waals surface area contributed by atoms with Crippen molar-refractivity contribution < 1.29 is 9.90 Å². The normalized spacial score (nSPS) is 12.1. The number of carbonyl (C=O) groups is 1. The second-order valence-electron chi connectivity index (χ2n) is 6.27. The lowest BCUT2D eigenvalue weighted by atomic mass is 10.0. The molecule has 1 atom stereocenters. The van der Waals surface area contributed by atoms with Crippen molar-refractivity contribution >= 4 is 34.2 Å². The van der Waals surface area contributed by atoms with E-state index in [1.807, 2.05) is 13.0 Å².